The van der Waals surface area contributed by atoms with Crippen LogP contribution in [0, 0.1) is 26.7 Å². The summed E-state index contributed by atoms with van der Waals surface area (Å²) < 4.78 is 5.23. The van der Waals surface area contributed by atoms with Gasteiger partial charge < -0.3 is 30.1 Å². The lowest BCUT2D eigenvalue weighted by atomic mass is 9.87. The number of Topliss-reactive ketones (excluding diaryl/α,β-unsaturated/α-hetero) is 1. The lowest BCUT2D eigenvalue weighted by Crippen LogP contribution is -2.28. The first-order valence-corrected chi connectivity index (χ1v) is 17.3. The number of aliphatic hydroxyl groups is 1. The molecule has 1 fully saturated rings. The molecule has 1 saturated carbocycles. The van der Waals surface area contributed by atoms with Gasteiger partial charge in [-0.25, -0.2) is 0 Å². The van der Waals surface area contributed by atoms with Gasteiger partial charge >= 0.3 is 5.97 Å². The minimum absolute atomic E-state index is 0.0872. The van der Waals surface area contributed by atoms with Crippen molar-refractivity contribution in [3.05, 3.63) is 84.6 Å². The maximum Gasteiger partial charge on any atom is 0.317 e. The van der Waals surface area contributed by atoms with Gasteiger partial charge in [0.05, 0.1) is 24.8 Å². The van der Waals surface area contributed by atoms with E-state index in [0.717, 1.165) is 73.3 Å². The average molecular weight is 666 g/mol. The zero-order chi connectivity index (χ0) is 35.1. The van der Waals surface area contributed by atoms with Crippen molar-refractivity contribution < 1.29 is 24.2 Å². The van der Waals surface area contributed by atoms with Crippen molar-refractivity contribution in [1.29, 1.82) is 0 Å². The summed E-state index contributed by atoms with van der Waals surface area (Å²) in [6, 6.07) is -0.383. The number of ether oxygens (including phenoxy) is 1. The number of aliphatic hydroxyl groups excluding tert-OH is 1. The Morgan fingerprint density at radius 3 is 2.51 bits per heavy atom. The summed E-state index contributed by atoms with van der Waals surface area (Å²) in [4.78, 5) is 56.7. The molecular weight excluding hydrogens is 618 g/mol. The maximum atomic E-state index is 14.2. The number of aromatic nitrogens is 3. The summed E-state index contributed by atoms with van der Waals surface area (Å²) >= 11 is 0. The van der Waals surface area contributed by atoms with Crippen LogP contribution in [0.2, 0.25) is 0 Å². The highest BCUT2D eigenvalue weighted by atomic mass is 16.5. The molecule has 8 bridgehead atoms. The van der Waals surface area contributed by atoms with Gasteiger partial charge in [-0.2, -0.15) is 0 Å². The molecule has 3 unspecified atom stereocenters. The molecule has 49 heavy (non-hydrogen) atoms. The molecule has 258 valence electrons. The number of fused-ring (bicyclic) bond motifs is 8. The standard InChI is InChI=1S/C39H47N5O5/c1-8-23-19(3)26-16-28-21(5)25(12-13-32(46)40-14-10-11-15-45)36(43-28)34-35(39(48)49-7)38(47)33-22(6)29(44-37(33)34)18-31-24(9-2)20(4)27(42-31)17-30(23)41-26/h8,17-18,29,34-35,41-43,45H,1,9-16H2,2-7H3,(H,40,46). The molecule has 3 aromatic rings. The van der Waals surface area contributed by atoms with Crippen molar-refractivity contribution in [1.82, 2.24) is 20.3 Å². The molecule has 3 aliphatic rings. The highest BCUT2D eigenvalue weighted by molar-refractivity contribution is 6.36. The number of nitrogens with zero attached hydrogens (tertiary/aromatic N) is 1. The van der Waals surface area contributed by atoms with Gasteiger partial charge in [-0.15, -0.1) is 0 Å². The molecule has 1 aliphatic carbocycles. The van der Waals surface area contributed by atoms with E-state index in [2.05, 4.69) is 59.8 Å². The number of rotatable bonds is 10. The Balaban J connectivity index is 1.57. The number of carbonyl (C=O) groups is 3. The first kappa shape index (κ1) is 34.2. The normalized spacial score (nSPS) is 19.4. The van der Waals surface area contributed by atoms with Gasteiger partial charge in [0, 0.05) is 70.6 Å². The predicted molar refractivity (Wildman–Crippen MR) is 191 cm³/mol. The van der Waals surface area contributed by atoms with Crippen LogP contribution in [0.5, 0.6) is 0 Å². The Labute approximate surface area is 286 Å². The molecule has 5 heterocycles. The molecule has 10 heteroatoms. The number of esters is 1. The van der Waals surface area contributed by atoms with Crippen LogP contribution in [0.15, 0.2) is 22.7 Å². The van der Waals surface area contributed by atoms with Crippen LogP contribution in [0.1, 0.15) is 95.2 Å². The lowest BCUT2D eigenvalue weighted by molar-refractivity contribution is -0.148. The number of hydrogen-bond acceptors (Lipinski definition) is 6. The summed E-state index contributed by atoms with van der Waals surface area (Å²) in [6.45, 7) is 15.0. The molecule has 5 N–H and O–H groups in total. The molecule has 1 amide bonds. The van der Waals surface area contributed by atoms with Crippen LogP contribution in [-0.2, 0) is 38.4 Å². The second kappa shape index (κ2) is 13.7. The highest BCUT2D eigenvalue weighted by Crippen LogP contribution is 2.46. The van der Waals surface area contributed by atoms with Crippen molar-refractivity contribution >= 4 is 41.6 Å². The number of amides is 1. The number of allylic oxidation sites excluding steroid dienone is 1. The maximum absolute atomic E-state index is 14.2. The van der Waals surface area contributed by atoms with E-state index in [-0.39, 0.29) is 30.8 Å². The third-order valence-electron chi connectivity index (χ3n) is 10.7. The summed E-state index contributed by atoms with van der Waals surface area (Å²) in [5.41, 5.74) is 11.9. The predicted octanol–water partition coefficient (Wildman–Crippen LogP) is 3.43. The van der Waals surface area contributed by atoms with Gasteiger partial charge in [-0.1, -0.05) is 19.6 Å². The fourth-order valence-corrected chi connectivity index (χ4v) is 7.93. The zero-order valence-electron chi connectivity index (χ0n) is 29.4. The van der Waals surface area contributed by atoms with Crippen LogP contribution in [0.25, 0.3) is 18.2 Å². The van der Waals surface area contributed by atoms with E-state index in [1.54, 1.807) is 0 Å². The van der Waals surface area contributed by atoms with E-state index in [0.29, 0.717) is 43.5 Å². The number of H-pyrrole nitrogens is 3. The van der Waals surface area contributed by atoms with Crippen molar-refractivity contribution in [2.45, 2.75) is 85.1 Å². The van der Waals surface area contributed by atoms with Gasteiger partial charge in [0.15, 0.2) is 5.78 Å². The fourth-order valence-electron chi connectivity index (χ4n) is 7.93. The fraction of sp³-hybridized carbons (Fsp3) is 0.436. The molecule has 3 aromatic heterocycles. The second-order valence-electron chi connectivity index (χ2n) is 13.4. The third kappa shape index (κ3) is 5.86. The Kier molecular flexibility index (Phi) is 9.53. The summed E-state index contributed by atoms with van der Waals surface area (Å²) in [5.74, 6) is -2.74. The zero-order valence-corrected chi connectivity index (χ0v) is 29.4. The van der Waals surface area contributed by atoms with E-state index in [1.165, 1.54) is 12.7 Å². The molecule has 0 radical (unpaired) electrons. The molecule has 2 aliphatic heterocycles. The van der Waals surface area contributed by atoms with Gasteiger partial charge in [0.1, 0.15) is 5.92 Å². The molecule has 10 nitrogen and oxygen atoms in total. The van der Waals surface area contributed by atoms with Gasteiger partial charge in [-0.3, -0.25) is 19.4 Å². The Hall–Kier alpha value is -4.70. The SMILES string of the molecule is C=Cc1c2[nH]c(c1C)Cc1[nH]c(c(CCC(=O)NCCCCO)c1C)C1C3=NC(C=c4[nH]c(c(C)c4CC)=C2)C(C)=C3C(=O)C1C(=O)OC. The van der Waals surface area contributed by atoms with Gasteiger partial charge in [0.25, 0.3) is 0 Å². The minimum atomic E-state index is -1.09. The van der Waals surface area contributed by atoms with Gasteiger partial charge in [-0.05, 0) is 98.9 Å². The molecule has 0 aromatic carbocycles. The van der Waals surface area contributed by atoms with Crippen molar-refractivity contribution in [3.63, 3.8) is 0 Å². The Morgan fingerprint density at radius 1 is 1.06 bits per heavy atom. The molecule has 0 spiro atoms. The number of ketones is 1. The third-order valence-corrected chi connectivity index (χ3v) is 10.7. The number of hydrogen-bond donors (Lipinski definition) is 5. The smallest absolute Gasteiger partial charge is 0.317 e. The number of nitrogens with one attached hydrogen (secondary N) is 4. The first-order valence-electron chi connectivity index (χ1n) is 17.3. The molecule has 3 atom stereocenters. The van der Waals surface area contributed by atoms with E-state index in [4.69, 9.17) is 14.8 Å². The summed E-state index contributed by atoms with van der Waals surface area (Å²) in [5, 5.41) is 14.0. The monoisotopic (exact) mass is 665 g/mol. The summed E-state index contributed by atoms with van der Waals surface area (Å²) in [7, 11) is 1.31. The molecule has 0 saturated heterocycles. The summed E-state index contributed by atoms with van der Waals surface area (Å²) in [6.07, 6.45) is 9.44. The Bertz CT molecular complexity index is 2050. The quantitative estimate of drug-likeness (QED) is 0.128. The number of unbranched alkanes of at least 4 members (excludes halogenated alkanes) is 1. The number of aliphatic imine (C=N–C) groups is 1. The van der Waals surface area contributed by atoms with Crippen LogP contribution in [-0.4, -0.2) is 69.7 Å². The van der Waals surface area contributed by atoms with Crippen molar-refractivity contribution in [2.75, 3.05) is 20.3 Å². The average Bonchev–Trinajstić information content (AvgIpc) is 3.82. The van der Waals surface area contributed by atoms with Crippen LogP contribution < -0.4 is 16.0 Å². The van der Waals surface area contributed by atoms with E-state index >= 15 is 0 Å². The first-order chi connectivity index (χ1) is 23.5. The number of methoxy groups -OCH3 is 1. The number of aromatic amines is 3. The van der Waals surface area contributed by atoms with E-state index in [9.17, 15) is 14.4 Å². The van der Waals surface area contributed by atoms with Crippen molar-refractivity contribution in [2.24, 2.45) is 10.9 Å². The largest absolute Gasteiger partial charge is 0.468 e. The lowest BCUT2D eigenvalue weighted by Gasteiger charge is -2.18. The van der Waals surface area contributed by atoms with Gasteiger partial charge in [0.2, 0.25) is 5.91 Å². The van der Waals surface area contributed by atoms with Crippen LogP contribution in [0.4, 0.5) is 0 Å². The Morgan fingerprint density at radius 2 is 1.82 bits per heavy atom. The van der Waals surface area contributed by atoms with E-state index < -0.39 is 17.8 Å². The molecular formula is C39H47N5O5. The van der Waals surface area contributed by atoms with Crippen LogP contribution >= 0.6 is 0 Å². The number of carbonyl (C=O) groups excluding carboxylic acids is 3. The second-order valence-corrected chi connectivity index (χ2v) is 13.4. The minimum Gasteiger partial charge on any atom is -0.468 e. The topological polar surface area (TPSA) is 152 Å². The van der Waals surface area contributed by atoms with E-state index in [1.807, 2.05) is 19.9 Å². The molecule has 6 rings (SSSR count). The highest BCUT2D eigenvalue weighted by Gasteiger charge is 2.53. The van der Waals surface area contributed by atoms with Crippen LogP contribution in [0.3, 0.4) is 0 Å². The van der Waals surface area contributed by atoms with Crippen molar-refractivity contribution in [3.8, 4) is 0 Å².